The molecule has 1 aromatic rings. The quantitative estimate of drug-likeness (QED) is 0.852. The molecule has 1 unspecified atom stereocenters. The number of aryl methyl sites for hydroxylation is 2. The lowest BCUT2D eigenvalue weighted by atomic mass is 10.0. The summed E-state index contributed by atoms with van der Waals surface area (Å²) in [6, 6.07) is 2.15. The van der Waals surface area contributed by atoms with Gasteiger partial charge in [0.05, 0.1) is 17.5 Å². The van der Waals surface area contributed by atoms with E-state index in [2.05, 4.69) is 6.07 Å². The molecule has 1 aromatic heterocycles. The van der Waals surface area contributed by atoms with E-state index in [1.165, 1.54) is 29.7 Å². The number of aliphatic hydroxyl groups excluding tert-OH is 1. The summed E-state index contributed by atoms with van der Waals surface area (Å²) in [4.78, 5) is 16.9. The molecule has 1 atom stereocenters. The number of fused-ring (bicyclic) bond motifs is 1. The summed E-state index contributed by atoms with van der Waals surface area (Å²) in [7, 11) is 0. The highest BCUT2D eigenvalue weighted by molar-refractivity contribution is 7.14. The lowest BCUT2D eigenvalue weighted by Crippen LogP contribution is -2.45. The number of piperidine rings is 1. The second-order valence-corrected chi connectivity index (χ2v) is 7.09. The number of thiophene rings is 1. The normalized spacial score (nSPS) is 23.2. The lowest BCUT2D eigenvalue weighted by Gasteiger charge is -2.34. The van der Waals surface area contributed by atoms with Gasteiger partial charge in [-0.3, -0.25) is 4.79 Å². The van der Waals surface area contributed by atoms with Gasteiger partial charge in [-0.15, -0.1) is 11.3 Å². The van der Waals surface area contributed by atoms with Crippen molar-refractivity contribution in [1.82, 2.24) is 4.90 Å². The highest BCUT2D eigenvalue weighted by Gasteiger charge is 2.28. The highest BCUT2D eigenvalue weighted by atomic mass is 32.1. The van der Waals surface area contributed by atoms with E-state index >= 15 is 0 Å². The fraction of sp³-hybridized carbons (Fsp3) is 0.688. The Kier molecular flexibility index (Phi) is 4.41. The van der Waals surface area contributed by atoms with Crippen LogP contribution in [0.25, 0.3) is 0 Å². The van der Waals surface area contributed by atoms with Crippen LogP contribution in [0.2, 0.25) is 0 Å². The zero-order valence-corrected chi connectivity index (χ0v) is 12.8. The number of carbonyl (C=O) groups excluding carboxylic acids is 1. The third-order valence-corrected chi connectivity index (χ3v) is 5.78. The van der Waals surface area contributed by atoms with Crippen molar-refractivity contribution in [2.75, 3.05) is 13.2 Å². The van der Waals surface area contributed by atoms with Gasteiger partial charge in [0.1, 0.15) is 0 Å². The molecule has 1 fully saturated rings. The molecule has 0 saturated carbocycles. The Bertz CT molecular complexity index is 459. The van der Waals surface area contributed by atoms with Gasteiger partial charge in [-0.1, -0.05) is 6.42 Å². The molecule has 0 bridgehead atoms. The van der Waals surface area contributed by atoms with Crippen molar-refractivity contribution in [3.63, 3.8) is 0 Å². The molecule has 1 aliphatic heterocycles. The monoisotopic (exact) mass is 293 g/mol. The van der Waals surface area contributed by atoms with E-state index in [9.17, 15) is 9.90 Å². The molecule has 0 spiro atoms. The third-order valence-electron chi connectivity index (χ3n) is 4.56. The van der Waals surface area contributed by atoms with Crippen molar-refractivity contribution < 1.29 is 9.90 Å². The SMILES string of the molecule is O=C(c1cc2c(s1)CCCCC2)N1CCCCC1CO. The first-order valence-corrected chi connectivity index (χ1v) is 8.64. The van der Waals surface area contributed by atoms with Crippen molar-refractivity contribution in [2.45, 2.75) is 57.4 Å². The molecule has 1 N–H and O–H groups in total. The summed E-state index contributed by atoms with van der Waals surface area (Å²) in [6.07, 6.45) is 9.20. The molecule has 1 aliphatic carbocycles. The Labute approximate surface area is 124 Å². The Morgan fingerprint density at radius 2 is 2.10 bits per heavy atom. The number of nitrogens with zero attached hydrogens (tertiary/aromatic N) is 1. The van der Waals surface area contributed by atoms with Crippen LogP contribution in [0.4, 0.5) is 0 Å². The molecule has 4 heteroatoms. The molecule has 110 valence electrons. The van der Waals surface area contributed by atoms with Gasteiger partial charge in [0.2, 0.25) is 0 Å². The van der Waals surface area contributed by atoms with E-state index in [1.807, 2.05) is 4.90 Å². The van der Waals surface area contributed by atoms with Crippen LogP contribution in [-0.4, -0.2) is 35.1 Å². The first-order valence-electron chi connectivity index (χ1n) is 7.83. The Morgan fingerprint density at radius 1 is 1.25 bits per heavy atom. The van der Waals surface area contributed by atoms with E-state index in [-0.39, 0.29) is 18.6 Å². The number of carbonyl (C=O) groups is 1. The minimum absolute atomic E-state index is 0.0261. The number of likely N-dealkylation sites (tertiary alicyclic amines) is 1. The summed E-state index contributed by atoms with van der Waals surface area (Å²) in [6.45, 7) is 0.892. The third kappa shape index (κ3) is 2.77. The largest absolute Gasteiger partial charge is 0.394 e. The van der Waals surface area contributed by atoms with E-state index in [1.54, 1.807) is 11.3 Å². The fourth-order valence-corrected chi connectivity index (χ4v) is 4.58. The van der Waals surface area contributed by atoms with Gasteiger partial charge in [-0.2, -0.15) is 0 Å². The second kappa shape index (κ2) is 6.27. The van der Waals surface area contributed by atoms with Crippen LogP contribution in [0.15, 0.2) is 6.07 Å². The summed E-state index contributed by atoms with van der Waals surface area (Å²) in [5.41, 5.74) is 1.40. The van der Waals surface area contributed by atoms with E-state index in [0.29, 0.717) is 0 Å². The van der Waals surface area contributed by atoms with Crippen molar-refractivity contribution in [3.05, 3.63) is 21.4 Å². The highest BCUT2D eigenvalue weighted by Crippen LogP contribution is 2.31. The second-order valence-electron chi connectivity index (χ2n) is 5.95. The van der Waals surface area contributed by atoms with Gasteiger partial charge >= 0.3 is 0 Å². The van der Waals surface area contributed by atoms with Gasteiger partial charge < -0.3 is 10.0 Å². The van der Waals surface area contributed by atoms with E-state index in [4.69, 9.17) is 0 Å². The zero-order valence-electron chi connectivity index (χ0n) is 11.9. The maximum Gasteiger partial charge on any atom is 0.264 e. The molecular weight excluding hydrogens is 270 g/mol. The molecule has 1 saturated heterocycles. The van der Waals surface area contributed by atoms with Crippen molar-refractivity contribution in [1.29, 1.82) is 0 Å². The summed E-state index contributed by atoms with van der Waals surface area (Å²) in [5, 5.41) is 9.47. The smallest absolute Gasteiger partial charge is 0.264 e. The average molecular weight is 293 g/mol. The van der Waals surface area contributed by atoms with Gasteiger partial charge in [-0.05, 0) is 56.6 Å². The number of rotatable bonds is 2. The number of aliphatic hydroxyl groups is 1. The molecule has 1 amide bonds. The molecule has 2 aliphatic rings. The summed E-state index contributed by atoms with van der Waals surface area (Å²) in [5.74, 6) is 0.141. The van der Waals surface area contributed by atoms with Crippen LogP contribution in [0, 0.1) is 0 Å². The van der Waals surface area contributed by atoms with Gasteiger partial charge in [-0.25, -0.2) is 0 Å². The van der Waals surface area contributed by atoms with Crippen LogP contribution in [0.1, 0.15) is 58.6 Å². The standard InChI is InChI=1S/C16H23NO2S/c18-11-13-7-4-5-9-17(13)16(19)15-10-12-6-2-1-3-8-14(12)20-15/h10,13,18H,1-9,11H2. The van der Waals surface area contributed by atoms with Crippen LogP contribution < -0.4 is 0 Å². The minimum Gasteiger partial charge on any atom is -0.394 e. The molecule has 3 rings (SSSR count). The Morgan fingerprint density at radius 3 is 2.95 bits per heavy atom. The Balaban J connectivity index is 1.79. The van der Waals surface area contributed by atoms with Crippen molar-refractivity contribution in [3.8, 4) is 0 Å². The van der Waals surface area contributed by atoms with Gasteiger partial charge in [0.15, 0.2) is 0 Å². The lowest BCUT2D eigenvalue weighted by molar-refractivity contribution is 0.0507. The predicted molar refractivity (Wildman–Crippen MR) is 81.3 cm³/mol. The summed E-state index contributed by atoms with van der Waals surface area (Å²) >= 11 is 1.69. The fourth-order valence-electron chi connectivity index (χ4n) is 3.37. The molecular formula is C16H23NO2S. The Hall–Kier alpha value is -0.870. The number of hydrogen-bond donors (Lipinski definition) is 1. The molecule has 3 nitrogen and oxygen atoms in total. The topological polar surface area (TPSA) is 40.5 Å². The van der Waals surface area contributed by atoms with Crippen LogP contribution in [-0.2, 0) is 12.8 Å². The van der Waals surface area contributed by atoms with Gasteiger partial charge in [0.25, 0.3) is 5.91 Å². The van der Waals surface area contributed by atoms with E-state index < -0.39 is 0 Å². The van der Waals surface area contributed by atoms with Crippen LogP contribution in [0.5, 0.6) is 0 Å². The van der Waals surface area contributed by atoms with Gasteiger partial charge in [0, 0.05) is 11.4 Å². The molecule has 20 heavy (non-hydrogen) atoms. The minimum atomic E-state index is 0.0261. The molecule has 2 heterocycles. The summed E-state index contributed by atoms with van der Waals surface area (Å²) < 4.78 is 0. The number of amides is 1. The predicted octanol–water partition coefficient (Wildman–Crippen LogP) is 3.00. The van der Waals surface area contributed by atoms with E-state index in [0.717, 1.165) is 43.5 Å². The molecule has 0 aromatic carbocycles. The van der Waals surface area contributed by atoms with Crippen molar-refractivity contribution in [2.24, 2.45) is 0 Å². The van der Waals surface area contributed by atoms with Crippen molar-refractivity contribution >= 4 is 17.2 Å². The first-order chi connectivity index (χ1) is 9.79. The first kappa shape index (κ1) is 14.1. The van der Waals surface area contributed by atoms with Crippen LogP contribution >= 0.6 is 11.3 Å². The average Bonchev–Trinajstić information content (AvgIpc) is 2.77. The molecule has 0 radical (unpaired) electrons. The maximum atomic E-state index is 12.7. The zero-order chi connectivity index (χ0) is 13.9. The maximum absolute atomic E-state index is 12.7. The van der Waals surface area contributed by atoms with Crippen LogP contribution in [0.3, 0.4) is 0 Å². The number of hydrogen-bond acceptors (Lipinski definition) is 3.